The topological polar surface area (TPSA) is 35.5 Å². The summed E-state index contributed by atoms with van der Waals surface area (Å²) in [7, 11) is 0. The van der Waals surface area contributed by atoms with Crippen molar-refractivity contribution in [1.29, 1.82) is 0 Å². The summed E-state index contributed by atoms with van der Waals surface area (Å²) in [6.07, 6.45) is 0.739. The minimum atomic E-state index is -0.473. The molecule has 0 N–H and O–H groups in total. The van der Waals surface area contributed by atoms with Crippen molar-refractivity contribution in [2.75, 3.05) is 6.61 Å². The van der Waals surface area contributed by atoms with E-state index in [4.69, 9.17) is 9.47 Å². The number of hydrogen-bond donors (Lipinski definition) is 0. The molecule has 0 fully saturated rings. The highest BCUT2D eigenvalue weighted by Gasteiger charge is 2.28. The first-order valence-electron chi connectivity index (χ1n) is 5.95. The van der Waals surface area contributed by atoms with Crippen LogP contribution in [0.5, 0.6) is 11.5 Å². The van der Waals surface area contributed by atoms with Crippen LogP contribution in [0.25, 0.3) is 0 Å². The van der Waals surface area contributed by atoms with Crippen LogP contribution < -0.4 is 9.47 Å². The fourth-order valence-electron chi connectivity index (χ4n) is 1.19. The van der Waals surface area contributed by atoms with Crippen LogP contribution in [0.2, 0.25) is 0 Å². The lowest BCUT2D eigenvalue weighted by molar-refractivity contribution is -0.144. The molecule has 0 bridgehead atoms. The third-order valence-corrected chi connectivity index (χ3v) is 2.79. The molecule has 0 saturated carbocycles. The maximum Gasteiger partial charge on any atom is 0.317 e. The molecule has 0 aromatic heterocycles. The number of rotatable bonds is 5. The Morgan fingerprint density at radius 1 is 1.18 bits per heavy atom. The van der Waals surface area contributed by atoms with Gasteiger partial charge in [-0.3, -0.25) is 4.79 Å². The molecule has 0 radical (unpaired) electrons. The Bertz CT molecular complexity index is 383. The zero-order chi connectivity index (χ0) is 12.9. The number of esters is 1. The first-order valence-corrected chi connectivity index (χ1v) is 5.95. The first-order chi connectivity index (χ1) is 8.01. The highest BCUT2D eigenvalue weighted by molar-refractivity contribution is 5.78. The van der Waals surface area contributed by atoms with E-state index in [1.54, 1.807) is 12.1 Å². The van der Waals surface area contributed by atoms with Crippen molar-refractivity contribution >= 4 is 5.97 Å². The molecule has 0 atom stereocenters. The van der Waals surface area contributed by atoms with Crippen LogP contribution in [0.4, 0.5) is 0 Å². The van der Waals surface area contributed by atoms with Crippen molar-refractivity contribution in [3.05, 3.63) is 24.3 Å². The Kier molecular flexibility index (Phi) is 4.55. The van der Waals surface area contributed by atoms with Crippen molar-refractivity contribution in [3.8, 4) is 11.5 Å². The van der Waals surface area contributed by atoms with E-state index < -0.39 is 5.41 Å². The summed E-state index contributed by atoms with van der Waals surface area (Å²) in [6, 6.07) is 7.22. The number of carbonyl (C=O) groups excluding carboxylic acids is 1. The van der Waals surface area contributed by atoms with Gasteiger partial charge in [0.05, 0.1) is 12.0 Å². The van der Waals surface area contributed by atoms with Gasteiger partial charge in [-0.2, -0.15) is 0 Å². The molecule has 94 valence electrons. The standard InChI is InChI=1S/C14H20O3/c1-5-14(3,4)13(15)17-12-10-8-7-9-11(12)16-6-2/h7-10H,5-6H2,1-4H3. The van der Waals surface area contributed by atoms with Gasteiger partial charge in [-0.15, -0.1) is 0 Å². The third kappa shape index (κ3) is 3.48. The van der Waals surface area contributed by atoms with Crippen molar-refractivity contribution in [1.82, 2.24) is 0 Å². The molecule has 0 saturated heterocycles. The zero-order valence-corrected chi connectivity index (χ0v) is 10.9. The van der Waals surface area contributed by atoms with E-state index in [-0.39, 0.29) is 5.97 Å². The minimum absolute atomic E-state index is 0.229. The van der Waals surface area contributed by atoms with E-state index in [0.717, 1.165) is 6.42 Å². The Hall–Kier alpha value is -1.51. The highest BCUT2D eigenvalue weighted by Crippen LogP contribution is 2.30. The van der Waals surface area contributed by atoms with Gasteiger partial charge >= 0.3 is 5.97 Å². The van der Waals surface area contributed by atoms with Gasteiger partial charge in [0, 0.05) is 0 Å². The average Bonchev–Trinajstić information content (AvgIpc) is 2.32. The van der Waals surface area contributed by atoms with Crippen molar-refractivity contribution in [2.24, 2.45) is 5.41 Å². The number of carbonyl (C=O) groups is 1. The SMILES string of the molecule is CCOc1ccccc1OC(=O)C(C)(C)CC. The Balaban J connectivity index is 2.84. The van der Waals surface area contributed by atoms with E-state index >= 15 is 0 Å². The molecular weight excluding hydrogens is 216 g/mol. The van der Waals surface area contributed by atoms with Gasteiger partial charge < -0.3 is 9.47 Å². The van der Waals surface area contributed by atoms with E-state index in [1.807, 2.05) is 39.8 Å². The molecule has 3 nitrogen and oxygen atoms in total. The zero-order valence-electron chi connectivity index (χ0n) is 10.9. The summed E-state index contributed by atoms with van der Waals surface area (Å²) in [6.45, 7) is 8.16. The summed E-state index contributed by atoms with van der Waals surface area (Å²) >= 11 is 0. The molecule has 0 aliphatic carbocycles. The monoisotopic (exact) mass is 236 g/mol. The second kappa shape index (κ2) is 5.71. The van der Waals surface area contributed by atoms with E-state index in [9.17, 15) is 4.79 Å². The lowest BCUT2D eigenvalue weighted by Crippen LogP contribution is -2.28. The molecular formula is C14H20O3. The predicted octanol–water partition coefficient (Wildman–Crippen LogP) is 3.43. The minimum Gasteiger partial charge on any atom is -0.490 e. The lowest BCUT2D eigenvalue weighted by atomic mass is 9.91. The maximum absolute atomic E-state index is 11.9. The molecule has 0 amide bonds. The van der Waals surface area contributed by atoms with Crippen LogP contribution in [0.3, 0.4) is 0 Å². The Morgan fingerprint density at radius 2 is 1.76 bits per heavy atom. The molecule has 0 unspecified atom stereocenters. The lowest BCUT2D eigenvalue weighted by Gasteiger charge is -2.20. The largest absolute Gasteiger partial charge is 0.490 e. The summed E-state index contributed by atoms with van der Waals surface area (Å²) in [4.78, 5) is 11.9. The van der Waals surface area contributed by atoms with Crippen molar-refractivity contribution in [2.45, 2.75) is 34.1 Å². The van der Waals surface area contributed by atoms with E-state index in [0.29, 0.717) is 18.1 Å². The quantitative estimate of drug-likeness (QED) is 0.580. The number of ether oxygens (including phenoxy) is 2. The summed E-state index contributed by atoms with van der Waals surface area (Å²) in [5.74, 6) is 0.864. The van der Waals surface area contributed by atoms with Crippen molar-refractivity contribution < 1.29 is 14.3 Å². The fourth-order valence-corrected chi connectivity index (χ4v) is 1.19. The van der Waals surface area contributed by atoms with E-state index in [2.05, 4.69) is 0 Å². The second-order valence-corrected chi connectivity index (χ2v) is 4.51. The van der Waals surface area contributed by atoms with Crippen LogP contribution in [-0.2, 0) is 4.79 Å². The first kappa shape index (κ1) is 13.6. The summed E-state index contributed by atoms with van der Waals surface area (Å²) < 4.78 is 10.8. The fraction of sp³-hybridized carbons (Fsp3) is 0.500. The smallest absolute Gasteiger partial charge is 0.317 e. The van der Waals surface area contributed by atoms with Gasteiger partial charge in [0.2, 0.25) is 0 Å². The van der Waals surface area contributed by atoms with Crippen LogP contribution in [0.15, 0.2) is 24.3 Å². The predicted molar refractivity (Wildman–Crippen MR) is 67.3 cm³/mol. The number of para-hydroxylation sites is 2. The average molecular weight is 236 g/mol. The molecule has 0 aliphatic heterocycles. The van der Waals surface area contributed by atoms with Gasteiger partial charge in [0.15, 0.2) is 11.5 Å². The molecule has 1 aromatic rings. The number of hydrogen-bond acceptors (Lipinski definition) is 3. The van der Waals surface area contributed by atoms with Crippen LogP contribution in [0, 0.1) is 5.41 Å². The van der Waals surface area contributed by atoms with Crippen molar-refractivity contribution in [3.63, 3.8) is 0 Å². The van der Waals surface area contributed by atoms with E-state index in [1.165, 1.54) is 0 Å². The normalized spacial score (nSPS) is 11.1. The molecule has 1 aromatic carbocycles. The van der Waals surface area contributed by atoms with Crippen LogP contribution >= 0.6 is 0 Å². The molecule has 0 heterocycles. The third-order valence-electron chi connectivity index (χ3n) is 2.79. The molecule has 3 heteroatoms. The highest BCUT2D eigenvalue weighted by atomic mass is 16.6. The molecule has 1 rings (SSSR count). The molecule has 0 spiro atoms. The van der Waals surface area contributed by atoms with Gasteiger partial charge in [0.1, 0.15) is 0 Å². The maximum atomic E-state index is 11.9. The van der Waals surface area contributed by atoms with Gasteiger partial charge in [-0.05, 0) is 39.3 Å². The Labute approximate surface area is 103 Å². The van der Waals surface area contributed by atoms with Crippen LogP contribution in [-0.4, -0.2) is 12.6 Å². The van der Waals surface area contributed by atoms with Gasteiger partial charge in [-0.1, -0.05) is 19.1 Å². The summed E-state index contributed by atoms with van der Waals surface area (Å²) in [5.41, 5.74) is -0.473. The van der Waals surface area contributed by atoms with Crippen LogP contribution in [0.1, 0.15) is 34.1 Å². The molecule has 17 heavy (non-hydrogen) atoms. The number of benzene rings is 1. The molecule has 0 aliphatic rings. The Morgan fingerprint density at radius 3 is 2.29 bits per heavy atom. The van der Waals surface area contributed by atoms with Gasteiger partial charge in [0.25, 0.3) is 0 Å². The summed E-state index contributed by atoms with van der Waals surface area (Å²) in [5, 5.41) is 0. The second-order valence-electron chi connectivity index (χ2n) is 4.51. The van der Waals surface area contributed by atoms with Gasteiger partial charge in [-0.25, -0.2) is 0 Å².